The van der Waals surface area contributed by atoms with Gasteiger partial charge in [0.25, 0.3) is 0 Å². The molecule has 1 heterocycles. The van der Waals surface area contributed by atoms with Crippen LogP contribution in [0.4, 0.5) is 0 Å². The molecule has 86 valence electrons. The summed E-state index contributed by atoms with van der Waals surface area (Å²) in [5, 5.41) is 7.24. The Morgan fingerprint density at radius 2 is 2.00 bits per heavy atom. The number of nitrogens with two attached hydrogens (primary N) is 1. The van der Waals surface area contributed by atoms with Crippen LogP contribution in [0.1, 0.15) is 11.3 Å². The minimum atomic E-state index is -0.0487. The standard InChI is InChI=1S/C13H13N3O/c1-9-4-2-3-5-12(9)17-10-6-7-11(13(14)15)16-8-10/h2-8H,1H3,(H3,14,15). The van der Waals surface area contributed by atoms with E-state index in [-0.39, 0.29) is 5.84 Å². The van der Waals surface area contributed by atoms with E-state index >= 15 is 0 Å². The second kappa shape index (κ2) is 4.65. The van der Waals surface area contributed by atoms with Gasteiger partial charge in [0, 0.05) is 0 Å². The largest absolute Gasteiger partial charge is 0.455 e. The van der Waals surface area contributed by atoms with E-state index in [2.05, 4.69) is 4.98 Å². The van der Waals surface area contributed by atoms with Gasteiger partial charge in [0.05, 0.1) is 6.20 Å². The SMILES string of the molecule is Cc1ccccc1Oc1ccc(C(=N)N)nc1. The molecule has 0 atom stereocenters. The fourth-order valence-electron chi connectivity index (χ4n) is 1.40. The minimum absolute atomic E-state index is 0.0487. The number of nitrogens with zero attached hydrogens (tertiary/aromatic N) is 1. The predicted molar refractivity (Wildman–Crippen MR) is 66.5 cm³/mol. The van der Waals surface area contributed by atoms with Crippen molar-refractivity contribution in [2.45, 2.75) is 6.92 Å². The number of ether oxygens (including phenoxy) is 1. The smallest absolute Gasteiger partial charge is 0.145 e. The third-order valence-corrected chi connectivity index (χ3v) is 2.33. The average molecular weight is 227 g/mol. The molecule has 4 heteroatoms. The Hall–Kier alpha value is -2.36. The van der Waals surface area contributed by atoms with Crippen LogP contribution in [0.15, 0.2) is 42.6 Å². The zero-order valence-corrected chi connectivity index (χ0v) is 9.47. The molecule has 0 saturated carbocycles. The molecule has 3 N–H and O–H groups in total. The molecular formula is C13H13N3O. The van der Waals surface area contributed by atoms with Crippen molar-refractivity contribution >= 4 is 5.84 Å². The molecule has 0 aliphatic heterocycles. The fraction of sp³-hybridized carbons (Fsp3) is 0.0769. The summed E-state index contributed by atoms with van der Waals surface area (Å²) in [7, 11) is 0. The van der Waals surface area contributed by atoms with Gasteiger partial charge in [-0.05, 0) is 30.7 Å². The number of hydrogen-bond donors (Lipinski definition) is 2. The third kappa shape index (κ3) is 2.60. The first-order chi connectivity index (χ1) is 8.16. The van der Waals surface area contributed by atoms with E-state index in [1.165, 1.54) is 0 Å². The summed E-state index contributed by atoms with van der Waals surface area (Å²) < 4.78 is 5.67. The van der Waals surface area contributed by atoms with Gasteiger partial charge in [0.2, 0.25) is 0 Å². The maximum atomic E-state index is 7.24. The van der Waals surface area contributed by atoms with Gasteiger partial charge in [-0.2, -0.15) is 0 Å². The monoisotopic (exact) mass is 227 g/mol. The van der Waals surface area contributed by atoms with Gasteiger partial charge in [-0.1, -0.05) is 18.2 Å². The van der Waals surface area contributed by atoms with Crippen molar-refractivity contribution in [1.82, 2.24) is 4.98 Å². The lowest BCUT2D eigenvalue weighted by Gasteiger charge is -2.08. The maximum Gasteiger partial charge on any atom is 0.145 e. The second-order valence-corrected chi connectivity index (χ2v) is 3.66. The lowest BCUT2D eigenvalue weighted by Crippen LogP contribution is -2.12. The van der Waals surface area contributed by atoms with Crippen molar-refractivity contribution < 1.29 is 4.74 Å². The summed E-state index contributed by atoms with van der Waals surface area (Å²) in [4.78, 5) is 4.03. The zero-order chi connectivity index (χ0) is 12.3. The van der Waals surface area contributed by atoms with Crippen LogP contribution in [0.3, 0.4) is 0 Å². The molecule has 0 radical (unpaired) electrons. The zero-order valence-electron chi connectivity index (χ0n) is 9.47. The summed E-state index contributed by atoms with van der Waals surface area (Å²) in [5.74, 6) is 1.38. The second-order valence-electron chi connectivity index (χ2n) is 3.66. The molecule has 1 aromatic carbocycles. The van der Waals surface area contributed by atoms with Crippen molar-refractivity contribution in [3.8, 4) is 11.5 Å². The van der Waals surface area contributed by atoms with Crippen molar-refractivity contribution in [3.63, 3.8) is 0 Å². The van der Waals surface area contributed by atoms with Crippen molar-refractivity contribution in [3.05, 3.63) is 53.9 Å². The van der Waals surface area contributed by atoms with Gasteiger partial charge in [0.1, 0.15) is 23.0 Å². The molecule has 0 unspecified atom stereocenters. The minimum Gasteiger partial charge on any atom is -0.455 e. The molecular weight excluding hydrogens is 214 g/mol. The van der Waals surface area contributed by atoms with Crippen LogP contribution < -0.4 is 10.5 Å². The van der Waals surface area contributed by atoms with Crippen molar-refractivity contribution in [2.75, 3.05) is 0 Å². The summed E-state index contributed by atoms with van der Waals surface area (Å²) in [6.07, 6.45) is 1.56. The van der Waals surface area contributed by atoms with Crippen molar-refractivity contribution in [1.29, 1.82) is 5.41 Å². The van der Waals surface area contributed by atoms with E-state index < -0.39 is 0 Å². The number of hydrogen-bond acceptors (Lipinski definition) is 3. The molecule has 4 nitrogen and oxygen atoms in total. The van der Waals surface area contributed by atoms with E-state index in [0.717, 1.165) is 11.3 Å². The van der Waals surface area contributed by atoms with E-state index in [0.29, 0.717) is 11.4 Å². The fourth-order valence-corrected chi connectivity index (χ4v) is 1.40. The number of para-hydroxylation sites is 1. The normalized spacial score (nSPS) is 9.94. The first-order valence-electron chi connectivity index (χ1n) is 5.21. The van der Waals surface area contributed by atoms with E-state index in [1.54, 1.807) is 18.3 Å². The van der Waals surface area contributed by atoms with Crippen LogP contribution >= 0.6 is 0 Å². The summed E-state index contributed by atoms with van der Waals surface area (Å²) in [5.41, 5.74) is 6.83. The van der Waals surface area contributed by atoms with Gasteiger partial charge in [-0.25, -0.2) is 4.98 Å². The van der Waals surface area contributed by atoms with E-state index in [4.69, 9.17) is 15.9 Å². The quantitative estimate of drug-likeness (QED) is 0.625. The molecule has 0 bridgehead atoms. The Balaban J connectivity index is 2.20. The molecule has 0 amide bonds. The maximum absolute atomic E-state index is 7.24. The Morgan fingerprint density at radius 1 is 1.24 bits per heavy atom. The number of rotatable bonds is 3. The lowest BCUT2D eigenvalue weighted by molar-refractivity contribution is 0.476. The molecule has 0 aliphatic carbocycles. The molecule has 2 aromatic rings. The topological polar surface area (TPSA) is 72.0 Å². The molecule has 2 rings (SSSR count). The Bertz CT molecular complexity index is 535. The Kier molecular flexibility index (Phi) is 3.05. The van der Waals surface area contributed by atoms with Gasteiger partial charge in [0.15, 0.2) is 0 Å². The highest BCUT2D eigenvalue weighted by Crippen LogP contribution is 2.23. The van der Waals surface area contributed by atoms with Gasteiger partial charge >= 0.3 is 0 Å². The van der Waals surface area contributed by atoms with Crippen LogP contribution in [0, 0.1) is 12.3 Å². The average Bonchev–Trinajstić information content (AvgIpc) is 2.33. The number of pyridine rings is 1. The Morgan fingerprint density at radius 3 is 2.59 bits per heavy atom. The van der Waals surface area contributed by atoms with Gasteiger partial charge < -0.3 is 10.5 Å². The summed E-state index contributed by atoms with van der Waals surface area (Å²) in [6, 6.07) is 11.2. The van der Waals surface area contributed by atoms with Crippen LogP contribution in [-0.2, 0) is 0 Å². The number of nitrogens with one attached hydrogen (secondary N) is 1. The molecule has 0 aliphatic rings. The number of aryl methyl sites for hydroxylation is 1. The summed E-state index contributed by atoms with van der Waals surface area (Å²) >= 11 is 0. The van der Waals surface area contributed by atoms with E-state index in [1.807, 2.05) is 31.2 Å². The summed E-state index contributed by atoms with van der Waals surface area (Å²) in [6.45, 7) is 1.98. The van der Waals surface area contributed by atoms with Gasteiger partial charge in [-0.3, -0.25) is 5.41 Å². The predicted octanol–water partition coefficient (Wildman–Crippen LogP) is 2.47. The third-order valence-electron chi connectivity index (χ3n) is 2.33. The highest BCUT2D eigenvalue weighted by atomic mass is 16.5. The first kappa shape index (κ1) is 11.1. The van der Waals surface area contributed by atoms with Gasteiger partial charge in [-0.15, -0.1) is 0 Å². The number of nitrogen functional groups attached to an aromatic ring is 1. The number of benzene rings is 1. The van der Waals surface area contributed by atoms with Crippen LogP contribution in [-0.4, -0.2) is 10.8 Å². The highest BCUT2D eigenvalue weighted by molar-refractivity contribution is 5.92. The molecule has 0 fully saturated rings. The van der Waals surface area contributed by atoms with Crippen LogP contribution in [0.2, 0.25) is 0 Å². The van der Waals surface area contributed by atoms with Crippen molar-refractivity contribution in [2.24, 2.45) is 5.73 Å². The highest BCUT2D eigenvalue weighted by Gasteiger charge is 2.02. The van der Waals surface area contributed by atoms with Crippen LogP contribution in [0.25, 0.3) is 0 Å². The molecule has 0 saturated heterocycles. The molecule has 1 aromatic heterocycles. The number of aromatic nitrogens is 1. The number of amidine groups is 1. The lowest BCUT2D eigenvalue weighted by atomic mass is 10.2. The molecule has 0 spiro atoms. The van der Waals surface area contributed by atoms with E-state index in [9.17, 15) is 0 Å². The van der Waals surface area contributed by atoms with Crippen LogP contribution in [0.5, 0.6) is 11.5 Å². The first-order valence-corrected chi connectivity index (χ1v) is 5.21. The molecule has 17 heavy (non-hydrogen) atoms. The Labute approximate surface area is 99.6 Å².